The smallest absolute Gasteiger partial charge is 0.254 e. The fourth-order valence-electron chi connectivity index (χ4n) is 2.43. The first-order valence-electron chi connectivity index (χ1n) is 6.59. The molecule has 2 aromatic carbocycles. The van der Waals surface area contributed by atoms with Crippen LogP contribution in [-0.4, -0.2) is 24.4 Å². The van der Waals surface area contributed by atoms with E-state index in [0.29, 0.717) is 22.3 Å². The lowest BCUT2D eigenvalue weighted by Crippen LogP contribution is -2.28. The van der Waals surface area contributed by atoms with Crippen molar-refractivity contribution in [3.05, 3.63) is 47.8 Å². The van der Waals surface area contributed by atoms with E-state index in [1.165, 1.54) is 18.9 Å². The third kappa shape index (κ3) is 2.33. The monoisotopic (exact) mass is 257 g/mol. The minimum atomic E-state index is -0.281. The summed E-state index contributed by atoms with van der Waals surface area (Å²) in [6.07, 6.45) is 2.42. The fourth-order valence-corrected chi connectivity index (χ4v) is 2.43. The predicted molar refractivity (Wildman–Crippen MR) is 73.6 cm³/mol. The van der Waals surface area contributed by atoms with E-state index in [-0.39, 0.29) is 11.7 Å². The highest BCUT2D eigenvalue weighted by Gasteiger charge is 2.25. The van der Waals surface area contributed by atoms with Crippen LogP contribution in [-0.2, 0) is 0 Å². The van der Waals surface area contributed by atoms with E-state index < -0.39 is 0 Å². The van der Waals surface area contributed by atoms with Gasteiger partial charge in [-0.1, -0.05) is 24.3 Å². The number of rotatable bonds is 3. The molecule has 0 N–H and O–H groups in total. The van der Waals surface area contributed by atoms with Gasteiger partial charge in [0.1, 0.15) is 5.82 Å². The molecule has 1 amide bonds. The van der Waals surface area contributed by atoms with Gasteiger partial charge < -0.3 is 4.90 Å². The Hall–Kier alpha value is -1.90. The molecule has 98 valence electrons. The lowest BCUT2D eigenvalue weighted by atomic mass is 10.0. The molecule has 2 aromatic rings. The molecule has 1 fully saturated rings. The number of amides is 1. The van der Waals surface area contributed by atoms with E-state index in [1.54, 1.807) is 29.2 Å². The second-order valence-corrected chi connectivity index (χ2v) is 5.27. The maximum Gasteiger partial charge on any atom is 0.254 e. The number of hydrogen-bond donors (Lipinski definition) is 0. The molecule has 1 aliphatic carbocycles. The standard InChI is InChI=1S/C16H16FNO/c1-18(10-11-6-7-11)16(19)14-8-9-15(17)13-5-3-2-4-12(13)14/h2-5,8-9,11H,6-7,10H2,1H3. The highest BCUT2D eigenvalue weighted by atomic mass is 19.1. The summed E-state index contributed by atoms with van der Waals surface area (Å²) in [6.45, 7) is 0.796. The lowest BCUT2D eigenvalue weighted by molar-refractivity contribution is 0.0790. The summed E-state index contributed by atoms with van der Waals surface area (Å²) in [5.74, 6) is 0.348. The Morgan fingerprint density at radius 2 is 1.89 bits per heavy atom. The molecule has 1 saturated carbocycles. The van der Waals surface area contributed by atoms with Gasteiger partial charge in [-0.05, 0) is 36.3 Å². The van der Waals surface area contributed by atoms with Crippen LogP contribution in [0, 0.1) is 11.7 Å². The number of benzene rings is 2. The van der Waals surface area contributed by atoms with Gasteiger partial charge in [0.2, 0.25) is 0 Å². The van der Waals surface area contributed by atoms with Gasteiger partial charge in [0.05, 0.1) is 0 Å². The third-order valence-corrected chi connectivity index (χ3v) is 3.68. The first-order valence-corrected chi connectivity index (χ1v) is 6.59. The average molecular weight is 257 g/mol. The van der Waals surface area contributed by atoms with Crippen LogP contribution >= 0.6 is 0 Å². The van der Waals surface area contributed by atoms with Gasteiger partial charge >= 0.3 is 0 Å². The SMILES string of the molecule is CN(CC1CC1)C(=O)c1ccc(F)c2ccccc12. The summed E-state index contributed by atoms with van der Waals surface area (Å²) in [5.41, 5.74) is 0.583. The Balaban J connectivity index is 1.99. The van der Waals surface area contributed by atoms with Crippen molar-refractivity contribution in [3.63, 3.8) is 0 Å². The summed E-state index contributed by atoms with van der Waals surface area (Å²) in [5, 5.41) is 1.20. The van der Waals surface area contributed by atoms with Crippen molar-refractivity contribution in [1.82, 2.24) is 4.90 Å². The Morgan fingerprint density at radius 3 is 2.58 bits per heavy atom. The molecule has 19 heavy (non-hydrogen) atoms. The zero-order valence-electron chi connectivity index (χ0n) is 10.9. The van der Waals surface area contributed by atoms with Gasteiger partial charge in [-0.15, -0.1) is 0 Å². The summed E-state index contributed by atoms with van der Waals surface area (Å²) in [4.78, 5) is 14.2. The van der Waals surface area contributed by atoms with Crippen LogP contribution in [0.3, 0.4) is 0 Å². The van der Waals surface area contributed by atoms with E-state index in [2.05, 4.69) is 0 Å². The predicted octanol–water partition coefficient (Wildman–Crippen LogP) is 3.46. The van der Waals surface area contributed by atoms with Crippen LogP contribution in [0.2, 0.25) is 0 Å². The minimum Gasteiger partial charge on any atom is -0.341 e. The van der Waals surface area contributed by atoms with Crippen LogP contribution < -0.4 is 0 Å². The molecule has 0 atom stereocenters. The Bertz CT molecular complexity index is 634. The number of halogens is 1. The first-order chi connectivity index (χ1) is 9.16. The van der Waals surface area contributed by atoms with Gasteiger partial charge in [0.25, 0.3) is 5.91 Å². The van der Waals surface area contributed by atoms with Crippen molar-refractivity contribution in [3.8, 4) is 0 Å². The highest BCUT2D eigenvalue weighted by molar-refractivity contribution is 6.07. The van der Waals surface area contributed by atoms with E-state index in [1.807, 2.05) is 13.1 Å². The third-order valence-electron chi connectivity index (χ3n) is 3.68. The van der Waals surface area contributed by atoms with Gasteiger partial charge in [-0.25, -0.2) is 4.39 Å². The largest absolute Gasteiger partial charge is 0.341 e. The zero-order valence-corrected chi connectivity index (χ0v) is 10.9. The summed E-state index contributed by atoms with van der Waals surface area (Å²) in [7, 11) is 1.82. The van der Waals surface area contributed by atoms with Crippen LogP contribution in [0.25, 0.3) is 10.8 Å². The number of carbonyl (C=O) groups excluding carboxylic acids is 1. The molecule has 3 rings (SSSR count). The molecule has 1 aliphatic rings. The number of fused-ring (bicyclic) bond motifs is 1. The summed E-state index contributed by atoms with van der Waals surface area (Å²) < 4.78 is 13.7. The summed E-state index contributed by atoms with van der Waals surface area (Å²) >= 11 is 0. The van der Waals surface area contributed by atoms with Gasteiger partial charge in [-0.2, -0.15) is 0 Å². The molecule has 3 heteroatoms. The van der Waals surface area contributed by atoms with Gasteiger partial charge in [0, 0.05) is 24.5 Å². The second kappa shape index (κ2) is 4.65. The molecule has 0 saturated heterocycles. The average Bonchev–Trinajstić information content (AvgIpc) is 3.23. The van der Waals surface area contributed by atoms with Crippen LogP contribution in [0.1, 0.15) is 23.2 Å². The lowest BCUT2D eigenvalue weighted by Gasteiger charge is -2.18. The molecule has 2 nitrogen and oxygen atoms in total. The number of nitrogens with zero attached hydrogens (tertiary/aromatic N) is 1. The topological polar surface area (TPSA) is 20.3 Å². The van der Waals surface area contributed by atoms with Gasteiger partial charge in [0.15, 0.2) is 0 Å². The fraction of sp³-hybridized carbons (Fsp3) is 0.312. The zero-order chi connectivity index (χ0) is 13.4. The maximum absolute atomic E-state index is 13.7. The molecule has 0 heterocycles. The Kier molecular flexibility index (Phi) is 2.97. The molecule has 0 radical (unpaired) electrons. The number of hydrogen-bond acceptors (Lipinski definition) is 1. The highest BCUT2D eigenvalue weighted by Crippen LogP contribution is 2.30. The van der Waals surface area contributed by atoms with Crippen LogP contribution in [0.4, 0.5) is 4.39 Å². The van der Waals surface area contributed by atoms with E-state index >= 15 is 0 Å². The first kappa shape index (κ1) is 12.2. The molecular weight excluding hydrogens is 241 g/mol. The molecule has 0 bridgehead atoms. The van der Waals surface area contributed by atoms with Gasteiger partial charge in [-0.3, -0.25) is 4.79 Å². The number of carbonyl (C=O) groups is 1. The van der Waals surface area contributed by atoms with Crippen molar-refractivity contribution < 1.29 is 9.18 Å². The molecular formula is C16H16FNO. The maximum atomic E-state index is 13.7. The molecule has 0 aromatic heterocycles. The van der Waals surface area contributed by atoms with E-state index in [4.69, 9.17) is 0 Å². The van der Waals surface area contributed by atoms with Crippen molar-refractivity contribution >= 4 is 16.7 Å². The van der Waals surface area contributed by atoms with Crippen LogP contribution in [0.15, 0.2) is 36.4 Å². The van der Waals surface area contributed by atoms with E-state index in [9.17, 15) is 9.18 Å². The Labute approximate surface area is 111 Å². The van der Waals surface area contributed by atoms with Crippen molar-refractivity contribution in [2.75, 3.05) is 13.6 Å². The van der Waals surface area contributed by atoms with Crippen LogP contribution in [0.5, 0.6) is 0 Å². The second-order valence-electron chi connectivity index (χ2n) is 5.27. The van der Waals surface area contributed by atoms with Crippen molar-refractivity contribution in [1.29, 1.82) is 0 Å². The molecule has 0 unspecified atom stereocenters. The minimum absolute atomic E-state index is 0.0249. The quantitative estimate of drug-likeness (QED) is 0.824. The normalized spacial score (nSPS) is 14.6. The molecule has 0 aliphatic heterocycles. The summed E-state index contributed by atoms with van der Waals surface area (Å²) in [6, 6.07) is 10.1. The molecule has 0 spiro atoms. The van der Waals surface area contributed by atoms with Crippen molar-refractivity contribution in [2.24, 2.45) is 5.92 Å². The van der Waals surface area contributed by atoms with Crippen molar-refractivity contribution in [2.45, 2.75) is 12.8 Å². The van der Waals surface area contributed by atoms with E-state index in [0.717, 1.165) is 6.54 Å². The Morgan fingerprint density at radius 1 is 1.21 bits per heavy atom.